The van der Waals surface area contributed by atoms with Gasteiger partial charge in [0, 0.05) is 24.0 Å². The molecule has 4 aliphatic heterocycles. The SMILES string of the molecule is COc1cc([C@@H]2c3cc4c(cc3[C@@H](O[C@@H]3O[C@@H]5CO[C@@H](C)O[C@H]5[C@H](O)[C@H]3O)[C@H]3COC(=O)[C@H]23)OCO4)cc(OC)c1OC(=O)Oc1ccc([N+](=O)[O-])cc1. The van der Waals surface area contributed by atoms with Crippen molar-refractivity contribution in [2.45, 2.75) is 55.9 Å². The molecule has 0 amide bonds. The van der Waals surface area contributed by atoms with Gasteiger partial charge in [-0.15, -0.1) is 0 Å². The third-order valence-electron chi connectivity index (χ3n) is 10.2. The molecule has 3 saturated heterocycles. The van der Waals surface area contributed by atoms with E-state index in [1.54, 1.807) is 31.2 Å². The van der Waals surface area contributed by atoms with Gasteiger partial charge in [-0.1, -0.05) is 0 Å². The Morgan fingerprint density at radius 2 is 1.57 bits per heavy atom. The van der Waals surface area contributed by atoms with Gasteiger partial charge >= 0.3 is 12.1 Å². The topological polar surface area (TPSA) is 219 Å². The Kier molecular flexibility index (Phi) is 9.41. The maximum Gasteiger partial charge on any atom is 0.519 e. The molecule has 1 aliphatic carbocycles. The summed E-state index contributed by atoms with van der Waals surface area (Å²) in [6.45, 7) is 1.71. The predicted octanol–water partition coefficient (Wildman–Crippen LogP) is 3.12. The number of hydrogen-bond acceptors (Lipinski definition) is 17. The third kappa shape index (κ3) is 6.29. The number of methoxy groups -OCH3 is 2. The number of carbonyl (C=O) groups excluding carboxylic acids is 2. The highest BCUT2D eigenvalue weighted by Crippen LogP contribution is 2.57. The second-order valence-corrected chi connectivity index (χ2v) is 13.2. The standard InChI is InChI=1S/C36H35NO17/c1-15-46-13-26-33(50-15)29(38)30(39)35(52-26)53-31-20-11-23-22(48-14-49-23)10-19(20)27(28-21(31)12-47-34(28)40)16-8-24(44-2)32(25(9-16)45-3)54-36(41)51-18-6-4-17(5-7-18)37(42)43/h4-11,15,21,26-31,33,35,38-39H,12-14H2,1-3H3/t15-,21+,26-,27-,28+,29-,30-,31-,33-,35+/m1/s1. The first-order valence-electron chi connectivity index (χ1n) is 17.0. The fourth-order valence-electron chi connectivity index (χ4n) is 7.66. The first kappa shape index (κ1) is 35.8. The molecule has 0 unspecified atom stereocenters. The van der Waals surface area contributed by atoms with E-state index in [1.807, 2.05) is 0 Å². The number of aliphatic hydroxyl groups is 2. The van der Waals surface area contributed by atoms with Crippen LogP contribution in [-0.4, -0.2) is 98.5 Å². The maximum absolute atomic E-state index is 13.7. The van der Waals surface area contributed by atoms with Crippen LogP contribution in [0.1, 0.15) is 35.6 Å². The van der Waals surface area contributed by atoms with E-state index < -0.39 is 77.9 Å². The molecule has 286 valence electrons. The summed E-state index contributed by atoms with van der Waals surface area (Å²) in [5, 5.41) is 33.2. The lowest BCUT2D eigenvalue weighted by Crippen LogP contribution is -2.63. The molecule has 3 aromatic carbocycles. The molecule has 4 heterocycles. The monoisotopic (exact) mass is 753 g/mol. The highest BCUT2D eigenvalue weighted by Gasteiger charge is 2.56. The quantitative estimate of drug-likeness (QED) is 0.146. The molecule has 10 atom stereocenters. The Bertz CT molecular complexity index is 1930. The van der Waals surface area contributed by atoms with Gasteiger partial charge in [0.1, 0.15) is 30.2 Å². The molecule has 3 fully saturated rings. The normalized spacial score (nSPS) is 30.6. The van der Waals surface area contributed by atoms with Gasteiger partial charge < -0.3 is 62.3 Å². The third-order valence-corrected chi connectivity index (χ3v) is 10.2. The van der Waals surface area contributed by atoms with Gasteiger partial charge in [0.15, 0.2) is 35.6 Å². The highest BCUT2D eigenvalue weighted by atomic mass is 16.8. The van der Waals surface area contributed by atoms with Crippen LogP contribution in [-0.2, 0) is 28.5 Å². The number of non-ortho nitro benzene ring substituents is 1. The zero-order chi connectivity index (χ0) is 37.8. The summed E-state index contributed by atoms with van der Waals surface area (Å²) in [5.74, 6) is -1.86. The largest absolute Gasteiger partial charge is 0.519 e. The van der Waals surface area contributed by atoms with Crippen LogP contribution in [0.25, 0.3) is 0 Å². The van der Waals surface area contributed by atoms with E-state index in [1.165, 1.54) is 38.5 Å². The minimum Gasteiger partial charge on any atom is -0.493 e. The number of aliphatic hydroxyl groups excluding tert-OH is 2. The number of esters is 1. The van der Waals surface area contributed by atoms with E-state index in [-0.39, 0.29) is 48.7 Å². The Balaban J connectivity index is 1.14. The van der Waals surface area contributed by atoms with Crippen molar-refractivity contribution >= 4 is 17.8 Å². The molecule has 0 aromatic heterocycles. The molecule has 2 N–H and O–H groups in total. The molecule has 3 aromatic rings. The van der Waals surface area contributed by atoms with Gasteiger partial charge in [-0.05, 0) is 60.0 Å². The van der Waals surface area contributed by atoms with Gasteiger partial charge in [0.05, 0.1) is 44.4 Å². The number of nitrogens with zero attached hydrogens (tertiary/aromatic N) is 1. The van der Waals surface area contributed by atoms with Gasteiger partial charge in [-0.25, -0.2) is 4.79 Å². The Morgan fingerprint density at radius 1 is 0.889 bits per heavy atom. The number of benzene rings is 3. The molecule has 0 bridgehead atoms. The van der Waals surface area contributed by atoms with Crippen molar-refractivity contribution in [1.29, 1.82) is 0 Å². The van der Waals surface area contributed by atoms with Crippen LogP contribution in [0, 0.1) is 22.0 Å². The number of nitro groups is 1. The predicted molar refractivity (Wildman–Crippen MR) is 176 cm³/mol. The molecule has 0 spiro atoms. The van der Waals surface area contributed by atoms with E-state index in [2.05, 4.69) is 0 Å². The lowest BCUT2D eigenvalue weighted by molar-refractivity contribution is -0.384. The molecular weight excluding hydrogens is 718 g/mol. The number of nitro benzene ring substituents is 1. The van der Waals surface area contributed by atoms with E-state index in [0.29, 0.717) is 28.2 Å². The summed E-state index contributed by atoms with van der Waals surface area (Å²) >= 11 is 0. The fourth-order valence-corrected chi connectivity index (χ4v) is 7.66. The van der Waals surface area contributed by atoms with Crippen molar-refractivity contribution in [1.82, 2.24) is 0 Å². The van der Waals surface area contributed by atoms with Gasteiger partial charge in [0.25, 0.3) is 5.69 Å². The number of ether oxygens (including phenoxy) is 11. The molecule has 18 nitrogen and oxygen atoms in total. The van der Waals surface area contributed by atoms with Gasteiger partial charge in [-0.3, -0.25) is 14.9 Å². The van der Waals surface area contributed by atoms with E-state index >= 15 is 0 Å². The zero-order valence-corrected chi connectivity index (χ0v) is 29.0. The zero-order valence-electron chi connectivity index (χ0n) is 29.0. The van der Waals surface area contributed by atoms with E-state index in [0.717, 1.165) is 0 Å². The van der Waals surface area contributed by atoms with Crippen molar-refractivity contribution in [2.24, 2.45) is 11.8 Å². The average Bonchev–Trinajstić information content (AvgIpc) is 3.79. The lowest BCUT2D eigenvalue weighted by Gasteiger charge is -2.47. The summed E-state index contributed by atoms with van der Waals surface area (Å²) in [6, 6.07) is 11.5. The number of hydrogen-bond donors (Lipinski definition) is 2. The summed E-state index contributed by atoms with van der Waals surface area (Å²) in [5.41, 5.74) is 1.52. The number of cyclic esters (lactones) is 1. The van der Waals surface area contributed by atoms with Crippen LogP contribution in [0.5, 0.6) is 34.5 Å². The van der Waals surface area contributed by atoms with Crippen LogP contribution < -0.4 is 28.4 Å². The molecular formula is C36H35NO17. The second-order valence-electron chi connectivity index (χ2n) is 13.2. The van der Waals surface area contributed by atoms with Crippen molar-refractivity contribution < 1.29 is 76.8 Å². The van der Waals surface area contributed by atoms with Crippen molar-refractivity contribution in [3.8, 4) is 34.5 Å². The molecule has 18 heteroatoms. The van der Waals surface area contributed by atoms with Crippen LogP contribution >= 0.6 is 0 Å². The number of fused-ring (bicyclic) bond motifs is 4. The first-order chi connectivity index (χ1) is 26.0. The van der Waals surface area contributed by atoms with Crippen LogP contribution in [0.15, 0.2) is 48.5 Å². The Labute approximate surface area is 306 Å². The minimum atomic E-state index is -1.50. The van der Waals surface area contributed by atoms with E-state index in [4.69, 9.17) is 52.1 Å². The lowest BCUT2D eigenvalue weighted by atomic mass is 9.66. The van der Waals surface area contributed by atoms with Crippen LogP contribution in [0.3, 0.4) is 0 Å². The van der Waals surface area contributed by atoms with Gasteiger partial charge in [-0.2, -0.15) is 0 Å². The summed E-state index contributed by atoms with van der Waals surface area (Å²) in [6.07, 6.45) is -8.43. The Morgan fingerprint density at radius 3 is 2.24 bits per heavy atom. The molecule has 54 heavy (non-hydrogen) atoms. The average molecular weight is 754 g/mol. The highest BCUT2D eigenvalue weighted by molar-refractivity contribution is 5.79. The number of carbonyl (C=O) groups is 2. The van der Waals surface area contributed by atoms with Crippen LogP contribution in [0.2, 0.25) is 0 Å². The Hall–Kier alpha value is -5.24. The fraction of sp³-hybridized carbons (Fsp3) is 0.444. The smallest absolute Gasteiger partial charge is 0.493 e. The summed E-state index contributed by atoms with van der Waals surface area (Å²) in [4.78, 5) is 37.0. The number of rotatable bonds is 8. The van der Waals surface area contributed by atoms with Crippen LogP contribution in [0.4, 0.5) is 10.5 Å². The maximum atomic E-state index is 13.7. The summed E-state index contributed by atoms with van der Waals surface area (Å²) in [7, 11) is 2.71. The molecule has 0 radical (unpaired) electrons. The first-order valence-corrected chi connectivity index (χ1v) is 17.0. The van der Waals surface area contributed by atoms with Crippen molar-refractivity contribution in [3.05, 3.63) is 75.3 Å². The molecule has 5 aliphatic rings. The minimum absolute atomic E-state index is 0.00395. The molecule has 8 rings (SSSR count). The van der Waals surface area contributed by atoms with Crippen molar-refractivity contribution in [3.63, 3.8) is 0 Å². The van der Waals surface area contributed by atoms with Crippen molar-refractivity contribution in [2.75, 3.05) is 34.2 Å². The second kappa shape index (κ2) is 14.2. The summed E-state index contributed by atoms with van der Waals surface area (Å²) < 4.78 is 63.0. The van der Waals surface area contributed by atoms with E-state index in [9.17, 15) is 29.9 Å². The van der Waals surface area contributed by atoms with Gasteiger partial charge in [0.2, 0.25) is 12.5 Å². The molecule has 0 saturated carbocycles.